The Morgan fingerprint density at radius 3 is 2.83 bits per heavy atom. The molecule has 2 aliphatic heterocycles. The first-order chi connectivity index (χ1) is 14.3. The Morgan fingerprint density at radius 2 is 2.00 bits per heavy atom. The lowest BCUT2D eigenvalue weighted by Crippen LogP contribution is -2.36. The van der Waals surface area contributed by atoms with Crippen molar-refractivity contribution >= 4 is 23.1 Å². The van der Waals surface area contributed by atoms with Crippen LogP contribution >= 0.6 is 0 Å². The van der Waals surface area contributed by atoms with E-state index in [2.05, 4.69) is 34.6 Å². The van der Waals surface area contributed by atoms with Crippen molar-refractivity contribution in [1.82, 2.24) is 4.98 Å². The highest BCUT2D eigenvalue weighted by atomic mass is 16.5. The second-order valence-electron chi connectivity index (χ2n) is 8.59. The van der Waals surface area contributed by atoms with Gasteiger partial charge in [0.25, 0.3) is 0 Å². The highest BCUT2D eigenvalue weighted by molar-refractivity contribution is 5.99. The highest BCUT2D eigenvalue weighted by Crippen LogP contribution is 2.40. The monoisotopic (exact) mass is 391 g/mol. The molecule has 1 aliphatic carbocycles. The standard InChI is InChI=1S/C24H29N3O2/c28-24(17-6-2-1-3-7-17)27-15-19-8-4-12-25-23(19)26-21-11-10-18(14-22(21)27)20-9-5-13-29-16-20/h4,8,10-12,14,17,20H,1-3,5-7,9,13,15-16H2,(H,25,26)/t20-/m1/s1. The van der Waals surface area contributed by atoms with E-state index in [1.54, 1.807) is 6.20 Å². The molecule has 1 amide bonds. The molecule has 5 rings (SSSR count). The lowest BCUT2D eigenvalue weighted by Gasteiger charge is -2.30. The first kappa shape index (κ1) is 18.6. The maximum atomic E-state index is 13.6. The number of anilines is 3. The number of ether oxygens (including phenoxy) is 1. The zero-order valence-electron chi connectivity index (χ0n) is 16.9. The molecule has 5 nitrogen and oxygen atoms in total. The summed E-state index contributed by atoms with van der Waals surface area (Å²) in [5.41, 5.74) is 4.29. The summed E-state index contributed by atoms with van der Waals surface area (Å²) in [5, 5.41) is 3.48. The van der Waals surface area contributed by atoms with E-state index in [1.165, 1.54) is 12.0 Å². The van der Waals surface area contributed by atoms with Crippen LogP contribution in [-0.2, 0) is 16.1 Å². The maximum absolute atomic E-state index is 13.6. The van der Waals surface area contributed by atoms with Gasteiger partial charge < -0.3 is 15.0 Å². The molecule has 29 heavy (non-hydrogen) atoms. The number of carbonyl (C=O) groups excluding carboxylic acids is 1. The minimum absolute atomic E-state index is 0.136. The van der Waals surface area contributed by atoms with E-state index >= 15 is 0 Å². The van der Waals surface area contributed by atoms with E-state index in [-0.39, 0.29) is 11.8 Å². The fourth-order valence-corrected chi connectivity index (χ4v) is 4.96. The lowest BCUT2D eigenvalue weighted by atomic mass is 9.87. The summed E-state index contributed by atoms with van der Waals surface area (Å²) >= 11 is 0. The van der Waals surface area contributed by atoms with Crippen molar-refractivity contribution in [3.05, 3.63) is 47.7 Å². The zero-order valence-corrected chi connectivity index (χ0v) is 16.9. The summed E-state index contributed by atoms with van der Waals surface area (Å²) in [6, 6.07) is 10.5. The van der Waals surface area contributed by atoms with E-state index in [4.69, 9.17) is 4.74 Å². The Bertz CT molecular complexity index is 885. The molecule has 1 saturated carbocycles. The lowest BCUT2D eigenvalue weighted by molar-refractivity contribution is -0.123. The van der Waals surface area contributed by atoms with E-state index in [0.717, 1.165) is 74.5 Å². The largest absolute Gasteiger partial charge is 0.381 e. The smallest absolute Gasteiger partial charge is 0.230 e. The van der Waals surface area contributed by atoms with Gasteiger partial charge >= 0.3 is 0 Å². The van der Waals surface area contributed by atoms with E-state index in [9.17, 15) is 4.79 Å². The van der Waals surface area contributed by atoms with Gasteiger partial charge in [0.15, 0.2) is 0 Å². The molecule has 0 spiro atoms. The van der Waals surface area contributed by atoms with Crippen molar-refractivity contribution in [2.75, 3.05) is 23.4 Å². The molecular formula is C24H29N3O2. The van der Waals surface area contributed by atoms with Crippen LogP contribution in [0, 0.1) is 5.92 Å². The SMILES string of the molecule is O=C(C1CCCCC1)N1Cc2cccnc2Nc2ccc([C@@H]3CCCOC3)cc21. The number of hydrogen-bond acceptors (Lipinski definition) is 4. The van der Waals surface area contributed by atoms with Gasteiger partial charge in [-0.25, -0.2) is 4.98 Å². The van der Waals surface area contributed by atoms with Crippen LogP contribution in [0.2, 0.25) is 0 Å². The van der Waals surface area contributed by atoms with Gasteiger partial charge in [0.2, 0.25) is 5.91 Å². The minimum Gasteiger partial charge on any atom is -0.381 e. The average molecular weight is 392 g/mol. The van der Waals surface area contributed by atoms with Gasteiger partial charge in [0.05, 0.1) is 24.5 Å². The van der Waals surface area contributed by atoms with Gasteiger partial charge in [0, 0.05) is 30.2 Å². The quantitative estimate of drug-likeness (QED) is 0.770. The van der Waals surface area contributed by atoms with Crippen LogP contribution in [0.25, 0.3) is 0 Å². The number of fused-ring (bicyclic) bond motifs is 2. The number of pyridine rings is 1. The molecule has 2 fully saturated rings. The summed E-state index contributed by atoms with van der Waals surface area (Å²) in [6.45, 7) is 2.20. The molecule has 3 heterocycles. The van der Waals surface area contributed by atoms with Crippen LogP contribution in [0.3, 0.4) is 0 Å². The van der Waals surface area contributed by atoms with Crippen molar-refractivity contribution < 1.29 is 9.53 Å². The molecule has 0 bridgehead atoms. The molecular weight excluding hydrogens is 362 g/mol. The van der Waals surface area contributed by atoms with Crippen molar-refractivity contribution in [3.63, 3.8) is 0 Å². The second-order valence-corrected chi connectivity index (χ2v) is 8.59. The van der Waals surface area contributed by atoms with Crippen LogP contribution in [0.15, 0.2) is 36.5 Å². The number of rotatable bonds is 2. The first-order valence-corrected chi connectivity index (χ1v) is 11.0. The van der Waals surface area contributed by atoms with Crippen LogP contribution < -0.4 is 10.2 Å². The summed E-state index contributed by atoms with van der Waals surface area (Å²) in [4.78, 5) is 20.2. The summed E-state index contributed by atoms with van der Waals surface area (Å²) in [7, 11) is 0. The van der Waals surface area contributed by atoms with Gasteiger partial charge in [0.1, 0.15) is 5.82 Å². The number of nitrogens with one attached hydrogen (secondary N) is 1. The third-order valence-electron chi connectivity index (χ3n) is 6.64. The number of hydrogen-bond donors (Lipinski definition) is 1. The molecule has 1 aromatic heterocycles. The fraction of sp³-hybridized carbons (Fsp3) is 0.500. The Kier molecular flexibility index (Phi) is 5.23. The Balaban J connectivity index is 1.54. The summed E-state index contributed by atoms with van der Waals surface area (Å²) < 4.78 is 5.72. The Hall–Kier alpha value is -2.40. The first-order valence-electron chi connectivity index (χ1n) is 11.0. The van der Waals surface area contributed by atoms with Crippen LogP contribution in [-0.4, -0.2) is 24.1 Å². The van der Waals surface area contributed by atoms with E-state index < -0.39 is 0 Å². The van der Waals surface area contributed by atoms with Gasteiger partial charge in [-0.3, -0.25) is 4.79 Å². The van der Waals surface area contributed by atoms with Gasteiger partial charge in [-0.2, -0.15) is 0 Å². The predicted molar refractivity (Wildman–Crippen MR) is 115 cm³/mol. The van der Waals surface area contributed by atoms with Crippen molar-refractivity contribution in [3.8, 4) is 0 Å². The molecule has 2 aromatic rings. The summed E-state index contributed by atoms with van der Waals surface area (Å²) in [6.07, 6.45) is 9.63. The Morgan fingerprint density at radius 1 is 1.10 bits per heavy atom. The third kappa shape index (κ3) is 3.76. The average Bonchev–Trinajstić information content (AvgIpc) is 2.96. The number of benzene rings is 1. The minimum atomic E-state index is 0.136. The maximum Gasteiger partial charge on any atom is 0.230 e. The van der Waals surface area contributed by atoms with Gasteiger partial charge in [-0.05, 0) is 49.4 Å². The highest BCUT2D eigenvalue weighted by Gasteiger charge is 2.31. The zero-order chi connectivity index (χ0) is 19.6. The number of aromatic nitrogens is 1. The van der Waals surface area contributed by atoms with Crippen LogP contribution in [0.4, 0.5) is 17.2 Å². The topological polar surface area (TPSA) is 54.5 Å². The second kappa shape index (κ2) is 8.15. The normalized spacial score (nSPS) is 22.2. The van der Waals surface area contributed by atoms with E-state index in [1.807, 2.05) is 11.0 Å². The molecule has 1 saturated heterocycles. The number of nitrogens with zero attached hydrogens (tertiary/aromatic N) is 2. The van der Waals surface area contributed by atoms with Crippen molar-refractivity contribution in [2.24, 2.45) is 5.92 Å². The molecule has 1 N–H and O–H groups in total. The van der Waals surface area contributed by atoms with Crippen molar-refractivity contribution in [2.45, 2.75) is 57.4 Å². The van der Waals surface area contributed by atoms with Crippen LogP contribution in [0.1, 0.15) is 62.0 Å². The number of carbonyl (C=O) groups is 1. The summed E-state index contributed by atoms with van der Waals surface area (Å²) in [5.74, 6) is 1.66. The molecule has 0 radical (unpaired) electrons. The molecule has 0 unspecified atom stereocenters. The fourth-order valence-electron chi connectivity index (χ4n) is 4.96. The molecule has 5 heteroatoms. The van der Waals surface area contributed by atoms with E-state index in [0.29, 0.717) is 12.5 Å². The molecule has 1 aromatic carbocycles. The Labute approximate surface area is 172 Å². The van der Waals surface area contributed by atoms with Crippen molar-refractivity contribution in [1.29, 1.82) is 0 Å². The molecule has 1 atom stereocenters. The molecule has 3 aliphatic rings. The molecule has 152 valence electrons. The van der Waals surface area contributed by atoms with Crippen LogP contribution in [0.5, 0.6) is 0 Å². The predicted octanol–water partition coefficient (Wildman–Crippen LogP) is 5.15. The number of amides is 1. The third-order valence-corrected chi connectivity index (χ3v) is 6.64. The van der Waals surface area contributed by atoms with Gasteiger partial charge in [-0.1, -0.05) is 31.4 Å². The van der Waals surface area contributed by atoms with Gasteiger partial charge in [-0.15, -0.1) is 0 Å².